The van der Waals surface area contributed by atoms with Crippen molar-refractivity contribution in [1.82, 2.24) is 9.88 Å². The van der Waals surface area contributed by atoms with E-state index in [1.807, 2.05) is 74.8 Å². The molecule has 5 heteroatoms. The van der Waals surface area contributed by atoms with E-state index in [0.717, 1.165) is 16.3 Å². The van der Waals surface area contributed by atoms with Crippen molar-refractivity contribution in [3.8, 4) is 5.75 Å². The molecule has 1 atom stereocenters. The number of carbonyl (C=O) groups excluding carboxylic acids is 1. The number of amides is 1. The maximum Gasteiger partial charge on any atom is 0.254 e. The van der Waals surface area contributed by atoms with Crippen molar-refractivity contribution in [2.24, 2.45) is 0 Å². The molecule has 0 fully saturated rings. The summed E-state index contributed by atoms with van der Waals surface area (Å²) in [6, 6.07) is 17.3. The molecule has 0 aliphatic rings. The molecule has 0 N–H and O–H groups in total. The van der Waals surface area contributed by atoms with Gasteiger partial charge in [0.15, 0.2) is 0 Å². The molecule has 1 amide bonds. The van der Waals surface area contributed by atoms with Crippen molar-refractivity contribution >= 4 is 17.2 Å². The Kier molecular flexibility index (Phi) is 5.68. The second kappa shape index (κ2) is 8.15. The Balaban J connectivity index is 1.69. The van der Waals surface area contributed by atoms with Gasteiger partial charge in [0.1, 0.15) is 12.4 Å². The summed E-state index contributed by atoms with van der Waals surface area (Å²) in [6.45, 7) is 4.40. The van der Waals surface area contributed by atoms with Gasteiger partial charge in [0.25, 0.3) is 5.91 Å². The van der Waals surface area contributed by atoms with E-state index in [1.54, 1.807) is 22.3 Å². The fourth-order valence-electron chi connectivity index (χ4n) is 2.69. The third-order valence-electron chi connectivity index (χ3n) is 4.32. The lowest BCUT2D eigenvalue weighted by Crippen LogP contribution is -2.29. The minimum absolute atomic E-state index is 0.00810. The van der Waals surface area contributed by atoms with Crippen LogP contribution < -0.4 is 4.74 Å². The summed E-state index contributed by atoms with van der Waals surface area (Å²) in [5.74, 6) is 0.638. The molecule has 0 bridgehead atoms. The summed E-state index contributed by atoms with van der Waals surface area (Å²) >= 11 is 1.60. The Labute approximate surface area is 158 Å². The summed E-state index contributed by atoms with van der Waals surface area (Å²) < 4.78 is 5.79. The van der Waals surface area contributed by atoms with Crippen LogP contribution in [0.2, 0.25) is 0 Å². The maximum atomic E-state index is 12.8. The van der Waals surface area contributed by atoms with E-state index in [1.165, 1.54) is 0 Å². The van der Waals surface area contributed by atoms with Crippen LogP contribution >= 0.6 is 11.3 Å². The third-order valence-corrected chi connectivity index (χ3v) is 5.14. The second-order valence-electron chi connectivity index (χ2n) is 6.18. The lowest BCUT2D eigenvalue weighted by atomic mass is 10.1. The van der Waals surface area contributed by atoms with Crippen molar-refractivity contribution in [3.63, 3.8) is 0 Å². The van der Waals surface area contributed by atoms with Crippen molar-refractivity contribution in [2.45, 2.75) is 26.5 Å². The van der Waals surface area contributed by atoms with Gasteiger partial charge in [0.2, 0.25) is 0 Å². The molecule has 2 aromatic carbocycles. The zero-order chi connectivity index (χ0) is 18.5. The van der Waals surface area contributed by atoms with Crippen LogP contribution in [0.15, 0.2) is 60.0 Å². The highest BCUT2D eigenvalue weighted by molar-refractivity contribution is 7.09. The predicted octanol–water partition coefficient (Wildman–Crippen LogP) is 4.86. The maximum absolute atomic E-state index is 12.8. The fraction of sp³-hybridized carbons (Fsp3) is 0.238. The summed E-state index contributed by atoms with van der Waals surface area (Å²) in [5.41, 5.74) is 2.62. The average molecular weight is 366 g/mol. The molecular formula is C21H22N2O2S. The fourth-order valence-corrected chi connectivity index (χ4v) is 3.28. The van der Waals surface area contributed by atoms with Gasteiger partial charge >= 0.3 is 0 Å². The number of carbonyl (C=O) groups is 1. The molecule has 1 heterocycles. The topological polar surface area (TPSA) is 42.4 Å². The monoisotopic (exact) mass is 366 g/mol. The standard InChI is InChI=1S/C21H22N2O2S/c1-15(17-8-5-4-6-9-17)23(3)21(24)18-10-7-11-20(12-18)25-13-19-14-26-16(2)22-19/h4-12,14-15H,13H2,1-3H3. The highest BCUT2D eigenvalue weighted by Crippen LogP contribution is 2.22. The van der Waals surface area contributed by atoms with Crippen LogP contribution in [0.5, 0.6) is 5.75 Å². The van der Waals surface area contributed by atoms with Gasteiger partial charge in [-0.25, -0.2) is 4.98 Å². The lowest BCUT2D eigenvalue weighted by Gasteiger charge is -2.25. The average Bonchev–Trinajstić information content (AvgIpc) is 3.11. The number of rotatable bonds is 6. The Morgan fingerprint density at radius 2 is 1.96 bits per heavy atom. The highest BCUT2D eigenvalue weighted by Gasteiger charge is 2.19. The zero-order valence-corrected chi connectivity index (χ0v) is 16.0. The first-order chi connectivity index (χ1) is 12.5. The molecule has 134 valence electrons. The van der Waals surface area contributed by atoms with Gasteiger partial charge in [-0.1, -0.05) is 36.4 Å². The first kappa shape index (κ1) is 18.1. The zero-order valence-electron chi connectivity index (χ0n) is 15.2. The van der Waals surface area contributed by atoms with Gasteiger partial charge in [-0.3, -0.25) is 4.79 Å². The van der Waals surface area contributed by atoms with E-state index < -0.39 is 0 Å². The van der Waals surface area contributed by atoms with Gasteiger partial charge in [0, 0.05) is 18.0 Å². The summed E-state index contributed by atoms with van der Waals surface area (Å²) in [6.07, 6.45) is 0. The van der Waals surface area contributed by atoms with E-state index in [-0.39, 0.29) is 11.9 Å². The summed E-state index contributed by atoms with van der Waals surface area (Å²) in [5, 5.41) is 3.00. The number of aromatic nitrogens is 1. The summed E-state index contributed by atoms with van der Waals surface area (Å²) in [4.78, 5) is 19.0. The van der Waals surface area contributed by atoms with Gasteiger partial charge in [-0.15, -0.1) is 11.3 Å². The van der Waals surface area contributed by atoms with Gasteiger partial charge in [-0.05, 0) is 37.6 Å². The van der Waals surface area contributed by atoms with E-state index in [0.29, 0.717) is 17.9 Å². The van der Waals surface area contributed by atoms with E-state index in [9.17, 15) is 4.79 Å². The first-order valence-electron chi connectivity index (χ1n) is 8.50. The van der Waals surface area contributed by atoms with E-state index in [4.69, 9.17) is 4.74 Å². The lowest BCUT2D eigenvalue weighted by molar-refractivity contribution is 0.0742. The van der Waals surface area contributed by atoms with Crippen molar-refractivity contribution in [2.75, 3.05) is 7.05 Å². The predicted molar refractivity (Wildman–Crippen MR) is 105 cm³/mol. The SMILES string of the molecule is Cc1nc(COc2cccc(C(=O)N(C)C(C)c3ccccc3)c2)cs1. The van der Waals surface area contributed by atoms with Crippen molar-refractivity contribution < 1.29 is 9.53 Å². The highest BCUT2D eigenvalue weighted by atomic mass is 32.1. The molecule has 1 unspecified atom stereocenters. The van der Waals surface area contributed by atoms with Crippen LogP contribution in [-0.4, -0.2) is 22.8 Å². The molecule has 3 aromatic rings. The third kappa shape index (κ3) is 4.29. The molecule has 0 saturated carbocycles. The van der Waals surface area contributed by atoms with Gasteiger partial charge in [-0.2, -0.15) is 0 Å². The Bertz CT molecular complexity index is 876. The number of ether oxygens (including phenoxy) is 1. The Hall–Kier alpha value is -2.66. The van der Waals surface area contributed by atoms with Crippen LogP contribution in [0.1, 0.15) is 39.6 Å². The molecule has 3 rings (SSSR count). The Morgan fingerprint density at radius 3 is 2.65 bits per heavy atom. The molecule has 1 aromatic heterocycles. The molecule has 0 saturated heterocycles. The minimum Gasteiger partial charge on any atom is -0.487 e. The molecule has 4 nitrogen and oxygen atoms in total. The van der Waals surface area contributed by atoms with E-state index >= 15 is 0 Å². The van der Waals surface area contributed by atoms with E-state index in [2.05, 4.69) is 4.98 Å². The van der Waals surface area contributed by atoms with Crippen LogP contribution in [0, 0.1) is 6.92 Å². The number of benzene rings is 2. The van der Waals surface area contributed by atoms with Crippen molar-refractivity contribution in [3.05, 3.63) is 81.8 Å². The van der Waals surface area contributed by atoms with Crippen LogP contribution in [0.3, 0.4) is 0 Å². The number of thiazole rings is 1. The Morgan fingerprint density at radius 1 is 1.19 bits per heavy atom. The largest absolute Gasteiger partial charge is 0.487 e. The first-order valence-corrected chi connectivity index (χ1v) is 9.38. The van der Waals surface area contributed by atoms with Gasteiger partial charge in [0.05, 0.1) is 16.7 Å². The minimum atomic E-state index is -0.0312. The molecule has 0 aliphatic heterocycles. The number of nitrogens with zero attached hydrogens (tertiary/aromatic N) is 2. The summed E-state index contributed by atoms with van der Waals surface area (Å²) in [7, 11) is 1.82. The normalized spacial score (nSPS) is 11.8. The number of hydrogen-bond donors (Lipinski definition) is 0. The van der Waals surface area contributed by atoms with Crippen LogP contribution in [0.25, 0.3) is 0 Å². The molecule has 0 spiro atoms. The van der Waals surface area contributed by atoms with Crippen LogP contribution in [-0.2, 0) is 6.61 Å². The quantitative estimate of drug-likeness (QED) is 0.625. The van der Waals surface area contributed by atoms with Crippen molar-refractivity contribution in [1.29, 1.82) is 0 Å². The smallest absolute Gasteiger partial charge is 0.254 e. The molecule has 0 radical (unpaired) electrons. The number of hydrogen-bond acceptors (Lipinski definition) is 4. The number of aryl methyl sites for hydroxylation is 1. The molecule has 0 aliphatic carbocycles. The van der Waals surface area contributed by atoms with Gasteiger partial charge < -0.3 is 9.64 Å². The molecule has 26 heavy (non-hydrogen) atoms. The second-order valence-corrected chi connectivity index (χ2v) is 7.24. The van der Waals surface area contributed by atoms with Crippen LogP contribution in [0.4, 0.5) is 0 Å². The molecular weight excluding hydrogens is 344 g/mol.